The van der Waals surface area contributed by atoms with Crippen LogP contribution < -0.4 is 11.1 Å². The average molecular weight is 360 g/mol. The number of aromatic carboxylic acids is 1. The number of anilines is 3. The van der Waals surface area contributed by atoms with Gasteiger partial charge in [0.2, 0.25) is 0 Å². The maximum Gasteiger partial charge on any atom is 0.337 e. The Morgan fingerprint density at radius 1 is 1.35 bits per heavy atom. The summed E-state index contributed by atoms with van der Waals surface area (Å²) < 4.78 is 13.5. The second kappa shape index (κ2) is 5.68. The normalized spacial score (nSPS) is 10.3. The first-order valence-corrected chi connectivity index (χ1v) is 6.60. The van der Waals surface area contributed by atoms with Gasteiger partial charge in [-0.2, -0.15) is 0 Å². The minimum atomic E-state index is -1.13. The highest BCUT2D eigenvalue weighted by Gasteiger charge is 2.16. The van der Waals surface area contributed by atoms with Crippen LogP contribution in [0.2, 0.25) is 5.02 Å². The Hall–Kier alpha value is -1.79. The predicted octanol–water partition coefficient (Wildman–Crippen LogP) is 4.27. The molecule has 4 N–H and O–H groups in total. The third-order valence-electron chi connectivity index (χ3n) is 2.58. The third-order valence-corrected chi connectivity index (χ3v) is 3.51. The summed E-state index contributed by atoms with van der Waals surface area (Å²) in [6, 6.07) is 6.83. The Bertz CT molecular complexity index is 671. The van der Waals surface area contributed by atoms with E-state index in [1.165, 1.54) is 18.2 Å². The van der Waals surface area contributed by atoms with Crippen molar-refractivity contribution in [2.45, 2.75) is 0 Å². The summed E-state index contributed by atoms with van der Waals surface area (Å²) in [5, 5.41) is 12.1. The van der Waals surface area contributed by atoms with Crippen molar-refractivity contribution in [1.82, 2.24) is 0 Å². The number of rotatable bonds is 3. The molecule has 104 valence electrons. The standard InChI is InChI=1S/C13H9BrClFN2O2/c14-8-4-6(16)5-9(15)12(8)18-11-7(13(19)20)2-1-3-10(11)17/h1-5,18H,17H2,(H,19,20). The van der Waals surface area contributed by atoms with Crippen molar-refractivity contribution in [3.05, 3.63) is 51.2 Å². The summed E-state index contributed by atoms with van der Waals surface area (Å²) in [6.07, 6.45) is 0. The quantitative estimate of drug-likeness (QED) is 0.716. The number of hydrogen-bond acceptors (Lipinski definition) is 3. The molecule has 0 aliphatic heterocycles. The lowest BCUT2D eigenvalue weighted by Crippen LogP contribution is -2.06. The highest BCUT2D eigenvalue weighted by molar-refractivity contribution is 9.10. The van der Waals surface area contributed by atoms with Crippen LogP contribution in [0.4, 0.5) is 21.5 Å². The summed E-state index contributed by atoms with van der Waals surface area (Å²) >= 11 is 9.11. The monoisotopic (exact) mass is 358 g/mol. The van der Waals surface area contributed by atoms with Gasteiger partial charge in [0.05, 0.1) is 27.6 Å². The number of nitrogen functional groups attached to an aromatic ring is 1. The molecule has 2 aromatic carbocycles. The lowest BCUT2D eigenvalue weighted by Gasteiger charge is -2.15. The average Bonchev–Trinajstić information content (AvgIpc) is 2.34. The maximum absolute atomic E-state index is 13.2. The SMILES string of the molecule is Nc1cccc(C(=O)O)c1Nc1c(Cl)cc(F)cc1Br. The molecule has 7 heteroatoms. The van der Waals surface area contributed by atoms with E-state index in [-0.39, 0.29) is 22.0 Å². The Morgan fingerprint density at radius 2 is 2.05 bits per heavy atom. The summed E-state index contributed by atoms with van der Waals surface area (Å²) in [7, 11) is 0. The Morgan fingerprint density at radius 3 is 2.65 bits per heavy atom. The molecule has 2 rings (SSSR count). The zero-order valence-electron chi connectivity index (χ0n) is 9.95. The number of nitrogens with one attached hydrogen (secondary N) is 1. The van der Waals surface area contributed by atoms with E-state index < -0.39 is 11.8 Å². The van der Waals surface area contributed by atoms with E-state index in [9.17, 15) is 9.18 Å². The Balaban J connectivity index is 2.53. The molecule has 0 spiro atoms. The van der Waals surface area contributed by atoms with Crippen molar-refractivity contribution >= 4 is 50.6 Å². The zero-order chi connectivity index (χ0) is 14.9. The lowest BCUT2D eigenvalue weighted by atomic mass is 10.1. The predicted molar refractivity (Wildman–Crippen MR) is 80.2 cm³/mol. The van der Waals surface area contributed by atoms with Gasteiger partial charge in [-0.05, 0) is 40.2 Å². The van der Waals surface area contributed by atoms with E-state index in [0.29, 0.717) is 10.2 Å². The van der Waals surface area contributed by atoms with E-state index in [0.717, 1.165) is 6.07 Å². The summed E-state index contributed by atoms with van der Waals surface area (Å²) in [6.45, 7) is 0. The van der Waals surface area contributed by atoms with Gasteiger partial charge in [0.15, 0.2) is 0 Å². The highest BCUT2D eigenvalue weighted by atomic mass is 79.9. The van der Waals surface area contributed by atoms with Gasteiger partial charge in [0.1, 0.15) is 5.82 Å². The number of carboxylic acid groups (broad SMARTS) is 1. The van der Waals surface area contributed by atoms with Crippen LogP contribution in [-0.4, -0.2) is 11.1 Å². The number of carboxylic acids is 1. The molecule has 0 amide bonds. The van der Waals surface area contributed by atoms with Crippen molar-refractivity contribution in [3.8, 4) is 0 Å². The van der Waals surface area contributed by atoms with Gasteiger partial charge in [-0.25, -0.2) is 9.18 Å². The van der Waals surface area contributed by atoms with Crippen LogP contribution in [0.25, 0.3) is 0 Å². The topological polar surface area (TPSA) is 75.4 Å². The first-order valence-electron chi connectivity index (χ1n) is 5.43. The van der Waals surface area contributed by atoms with E-state index in [1.54, 1.807) is 6.07 Å². The molecule has 2 aromatic rings. The van der Waals surface area contributed by atoms with Gasteiger partial charge in [-0.1, -0.05) is 17.7 Å². The molecule has 20 heavy (non-hydrogen) atoms. The molecule has 0 atom stereocenters. The maximum atomic E-state index is 13.2. The van der Waals surface area contributed by atoms with Crippen molar-refractivity contribution in [2.75, 3.05) is 11.1 Å². The molecule has 0 bridgehead atoms. The number of halogens is 3. The highest BCUT2D eigenvalue weighted by Crippen LogP contribution is 2.36. The first kappa shape index (κ1) is 14.6. The smallest absolute Gasteiger partial charge is 0.337 e. The third kappa shape index (κ3) is 2.86. The molecule has 0 unspecified atom stereocenters. The van der Waals surface area contributed by atoms with E-state index in [4.69, 9.17) is 22.4 Å². The molecule has 0 fully saturated rings. The second-order valence-corrected chi connectivity index (χ2v) is 5.21. The fourth-order valence-electron chi connectivity index (χ4n) is 1.67. The van der Waals surface area contributed by atoms with Crippen LogP contribution >= 0.6 is 27.5 Å². The van der Waals surface area contributed by atoms with Gasteiger partial charge in [-0.3, -0.25) is 0 Å². The number of nitrogens with two attached hydrogens (primary N) is 1. The molecular weight excluding hydrogens is 351 g/mol. The summed E-state index contributed by atoms with van der Waals surface area (Å²) in [5.74, 6) is -1.64. The zero-order valence-corrected chi connectivity index (χ0v) is 12.3. The van der Waals surface area contributed by atoms with Crippen LogP contribution in [0, 0.1) is 5.82 Å². The van der Waals surface area contributed by atoms with E-state index in [1.807, 2.05) is 0 Å². The van der Waals surface area contributed by atoms with Crippen LogP contribution in [0.1, 0.15) is 10.4 Å². The number of carbonyl (C=O) groups is 1. The molecule has 0 aromatic heterocycles. The molecule has 0 saturated carbocycles. The Labute approximate surface area is 127 Å². The molecule has 0 heterocycles. The van der Waals surface area contributed by atoms with Gasteiger partial charge in [-0.15, -0.1) is 0 Å². The first-order chi connectivity index (χ1) is 9.40. The van der Waals surface area contributed by atoms with Crippen LogP contribution in [-0.2, 0) is 0 Å². The minimum Gasteiger partial charge on any atom is -0.478 e. The fraction of sp³-hybridized carbons (Fsp3) is 0. The molecule has 0 saturated heterocycles. The minimum absolute atomic E-state index is 0.00251. The number of hydrogen-bond donors (Lipinski definition) is 3. The number of para-hydroxylation sites is 1. The molecule has 4 nitrogen and oxygen atoms in total. The van der Waals surface area contributed by atoms with Crippen LogP contribution in [0.3, 0.4) is 0 Å². The van der Waals surface area contributed by atoms with Gasteiger partial charge in [0.25, 0.3) is 0 Å². The number of benzene rings is 2. The van der Waals surface area contributed by atoms with Crippen molar-refractivity contribution in [3.63, 3.8) is 0 Å². The molecular formula is C13H9BrClFN2O2. The van der Waals surface area contributed by atoms with Crippen molar-refractivity contribution in [2.24, 2.45) is 0 Å². The van der Waals surface area contributed by atoms with Crippen molar-refractivity contribution in [1.29, 1.82) is 0 Å². The van der Waals surface area contributed by atoms with Crippen LogP contribution in [0.5, 0.6) is 0 Å². The van der Waals surface area contributed by atoms with Gasteiger partial charge < -0.3 is 16.2 Å². The second-order valence-electron chi connectivity index (χ2n) is 3.94. The van der Waals surface area contributed by atoms with E-state index >= 15 is 0 Å². The molecule has 0 radical (unpaired) electrons. The Kier molecular flexibility index (Phi) is 4.15. The van der Waals surface area contributed by atoms with Gasteiger partial charge >= 0.3 is 5.97 Å². The molecule has 0 aliphatic carbocycles. The molecule has 0 aliphatic rings. The lowest BCUT2D eigenvalue weighted by molar-refractivity contribution is 0.0698. The summed E-state index contributed by atoms with van der Waals surface area (Å²) in [5.41, 5.74) is 6.57. The van der Waals surface area contributed by atoms with E-state index in [2.05, 4.69) is 21.2 Å². The van der Waals surface area contributed by atoms with Gasteiger partial charge in [0, 0.05) is 4.47 Å². The van der Waals surface area contributed by atoms with Crippen molar-refractivity contribution < 1.29 is 14.3 Å². The largest absolute Gasteiger partial charge is 0.478 e. The van der Waals surface area contributed by atoms with Crippen LogP contribution in [0.15, 0.2) is 34.8 Å². The fourth-order valence-corrected chi connectivity index (χ4v) is 2.57. The summed E-state index contributed by atoms with van der Waals surface area (Å²) in [4.78, 5) is 11.2.